The number of rotatable bonds is 5. The van der Waals surface area contributed by atoms with E-state index in [4.69, 9.17) is 0 Å². The predicted molar refractivity (Wildman–Crippen MR) is 77.7 cm³/mol. The fraction of sp³-hybridized carbons (Fsp3) is 0.294. The maximum Gasteiger partial charge on any atom is 0.123 e. The van der Waals surface area contributed by atoms with Crippen molar-refractivity contribution in [2.45, 2.75) is 25.8 Å². The molecule has 0 bridgehead atoms. The Morgan fingerprint density at radius 1 is 1.11 bits per heavy atom. The molecule has 0 spiro atoms. The lowest BCUT2D eigenvalue weighted by Crippen LogP contribution is -2.18. The van der Waals surface area contributed by atoms with E-state index in [1.165, 1.54) is 11.6 Å². The second kappa shape index (κ2) is 6.48. The van der Waals surface area contributed by atoms with Gasteiger partial charge >= 0.3 is 0 Å². The summed E-state index contributed by atoms with van der Waals surface area (Å²) in [7, 11) is 1.93. The van der Waals surface area contributed by atoms with E-state index >= 15 is 0 Å². The summed E-state index contributed by atoms with van der Waals surface area (Å²) in [6, 6.07) is 15.6. The van der Waals surface area contributed by atoms with Crippen LogP contribution in [0.3, 0.4) is 0 Å². The van der Waals surface area contributed by atoms with Gasteiger partial charge < -0.3 is 5.32 Å². The van der Waals surface area contributed by atoms with E-state index in [0.717, 1.165) is 24.0 Å². The third kappa shape index (κ3) is 3.65. The van der Waals surface area contributed by atoms with E-state index < -0.39 is 0 Å². The molecule has 0 aromatic heterocycles. The highest BCUT2D eigenvalue weighted by Crippen LogP contribution is 2.23. The molecule has 2 aromatic rings. The standard InChI is InChI=1S/C17H20FN/c1-13-8-10-15(18)12-16(13)17(19-2)11-9-14-6-4-3-5-7-14/h3-8,10,12,17,19H,9,11H2,1-2H3. The zero-order valence-electron chi connectivity index (χ0n) is 11.5. The fourth-order valence-corrected chi connectivity index (χ4v) is 2.40. The minimum Gasteiger partial charge on any atom is -0.313 e. The summed E-state index contributed by atoms with van der Waals surface area (Å²) in [4.78, 5) is 0. The zero-order valence-corrected chi connectivity index (χ0v) is 11.5. The molecule has 0 radical (unpaired) electrons. The summed E-state index contributed by atoms with van der Waals surface area (Å²) < 4.78 is 13.4. The summed E-state index contributed by atoms with van der Waals surface area (Å²) in [5, 5.41) is 3.29. The molecule has 0 saturated carbocycles. The first-order valence-electron chi connectivity index (χ1n) is 6.68. The lowest BCUT2D eigenvalue weighted by molar-refractivity contribution is 0.539. The molecule has 1 atom stereocenters. The zero-order chi connectivity index (χ0) is 13.7. The molecule has 100 valence electrons. The van der Waals surface area contributed by atoms with Gasteiger partial charge in [0.2, 0.25) is 0 Å². The highest BCUT2D eigenvalue weighted by atomic mass is 19.1. The van der Waals surface area contributed by atoms with E-state index in [0.29, 0.717) is 0 Å². The van der Waals surface area contributed by atoms with Crippen LogP contribution in [0.5, 0.6) is 0 Å². The first kappa shape index (κ1) is 13.8. The van der Waals surface area contributed by atoms with Crippen LogP contribution in [-0.4, -0.2) is 7.05 Å². The van der Waals surface area contributed by atoms with E-state index in [2.05, 4.69) is 29.6 Å². The van der Waals surface area contributed by atoms with Gasteiger partial charge in [0.05, 0.1) is 0 Å². The summed E-state index contributed by atoms with van der Waals surface area (Å²) in [6.07, 6.45) is 1.95. The van der Waals surface area contributed by atoms with Gasteiger partial charge in [0, 0.05) is 6.04 Å². The quantitative estimate of drug-likeness (QED) is 0.852. The van der Waals surface area contributed by atoms with Crippen LogP contribution in [0.4, 0.5) is 4.39 Å². The SMILES string of the molecule is CNC(CCc1ccccc1)c1cc(F)ccc1C. The number of hydrogen-bond donors (Lipinski definition) is 1. The van der Waals surface area contributed by atoms with E-state index in [-0.39, 0.29) is 11.9 Å². The molecule has 0 amide bonds. The van der Waals surface area contributed by atoms with Crippen LogP contribution in [0.15, 0.2) is 48.5 Å². The summed E-state index contributed by atoms with van der Waals surface area (Å²) in [6.45, 7) is 2.03. The molecule has 1 nitrogen and oxygen atoms in total. The number of nitrogens with one attached hydrogen (secondary N) is 1. The van der Waals surface area contributed by atoms with Crippen LogP contribution >= 0.6 is 0 Å². The topological polar surface area (TPSA) is 12.0 Å². The van der Waals surface area contributed by atoms with Crippen molar-refractivity contribution in [3.8, 4) is 0 Å². The molecule has 0 aliphatic rings. The third-order valence-electron chi connectivity index (χ3n) is 3.53. The summed E-state index contributed by atoms with van der Waals surface area (Å²) in [5.74, 6) is -0.166. The minimum absolute atomic E-state index is 0.166. The number of benzene rings is 2. The summed E-state index contributed by atoms with van der Waals surface area (Å²) in [5.41, 5.74) is 3.50. The number of halogens is 1. The normalized spacial score (nSPS) is 12.4. The third-order valence-corrected chi connectivity index (χ3v) is 3.53. The molecule has 2 aromatic carbocycles. The molecule has 19 heavy (non-hydrogen) atoms. The van der Waals surface area contributed by atoms with Crippen molar-refractivity contribution >= 4 is 0 Å². The Morgan fingerprint density at radius 3 is 2.53 bits per heavy atom. The maximum absolute atomic E-state index is 13.4. The van der Waals surface area contributed by atoms with Crippen molar-refractivity contribution in [2.24, 2.45) is 0 Å². The molecule has 0 aliphatic heterocycles. The van der Waals surface area contributed by atoms with Gasteiger partial charge in [-0.05, 0) is 55.6 Å². The van der Waals surface area contributed by atoms with Crippen LogP contribution in [0.1, 0.15) is 29.2 Å². The van der Waals surface area contributed by atoms with Gasteiger partial charge in [-0.2, -0.15) is 0 Å². The van der Waals surface area contributed by atoms with Crippen LogP contribution in [0.2, 0.25) is 0 Å². The van der Waals surface area contributed by atoms with Gasteiger partial charge in [-0.3, -0.25) is 0 Å². The number of hydrogen-bond acceptors (Lipinski definition) is 1. The first-order chi connectivity index (χ1) is 9.20. The monoisotopic (exact) mass is 257 g/mol. The van der Waals surface area contributed by atoms with Crippen LogP contribution in [0.25, 0.3) is 0 Å². The lowest BCUT2D eigenvalue weighted by Gasteiger charge is -2.19. The van der Waals surface area contributed by atoms with Gasteiger partial charge in [-0.15, -0.1) is 0 Å². The molecule has 0 saturated heterocycles. The highest BCUT2D eigenvalue weighted by Gasteiger charge is 2.12. The second-order valence-corrected chi connectivity index (χ2v) is 4.87. The van der Waals surface area contributed by atoms with Crippen LogP contribution in [-0.2, 0) is 6.42 Å². The predicted octanol–water partition coefficient (Wildman–Crippen LogP) is 4.03. The fourth-order valence-electron chi connectivity index (χ4n) is 2.40. The Morgan fingerprint density at radius 2 is 1.84 bits per heavy atom. The molecular formula is C17H20FN. The van der Waals surface area contributed by atoms with Crippen molar-refractivity contribution < 1.29 is 4.39 Å². The minimum atomic E-state index is -0.166. The Labute approximate surface area is 114 Å². The van der Waals surface area contributed by atoms with Gasteiger partial charge in [-0.25, -0.2) is 4.39 Å². The molecule has 2 heteroatoms. The van der Waals surface area contributed by atoms with E-state index in [9.17, 15) is 4.39 Å². The largest absolute Gasteiger partial charge is 0.313 e. The van der Waals surface area contributed by atoms with Crippen molar-refractivity contribution in [2.75, 3.05) is 7.05 Å². The Hall–Kier alpha value is -1.67. The Kier molecular flexibility index (Phi) is 4.69. The molecule has 0 fully saturated rings. The smallest absolute Gasteiger partial charge is 0.123 e. The molecule has 2 rings (SSSR count). The summed E-state index contributed by atoms with van der Waals surface area (Å²) >= 11 is 0. The van der Waals surface area contributed by atoms with Gasteiger partial charge in [0.1, 0.15) is 5.82 Å². The average Bonchev–Trinajstić information content (AvgIpc) is 2.44. The molecular weight excluding hydrogens is 237 g/mol. The lowest BCUT2D eigenvalue weighted by atomic mass is 9.95. The van der Waals surface area contributed by atoms with Crippen molar-refractivity contribution in [1.29, 1.82) is 0 Å². The molecule has 0 aliphatic carbocycles. The van der Waals surface area contributed by atoms with Crippen molar-refractivity contribution in [1.82, 2.24) is 5.32 Å². The molecule has 0 heterocycles. The average molecular weight is 257 g/mol. The van der Waals surface area contributed by atoms with Crippen LogP contribution < -0.4 is 5.32 Å². The van der Waals surface area contributed by atoms with E-state index in [1.807, 2.05) is 26.1 Å². The van der Waals surface area contributed by atoms with E-state index in [1.54, 1.807) is 6.07 Å². The highest BCUT2D eigenvalue weighted by molar-refractivity contribution is 5.30. The van der Waals surface area contributed by atoms with Crippen molar-refractivity contribution in [3.05, 3.63) is 71.0 Å². The van der Waals surface area contributed by atoms with Gasteiger partial charge in [0.15, 0.2) is 0 Å². The Bertz CT molecular complexity index is 522. The maximum atomic E-state index is 13.4. The van der Waals surface area contributed by atoms with Gasteiger partial charge in [-0.1, -0.05) is 36.4 Å². The van der Waals surface area contributed by atoms with Gasteiger partial charge in [0.25, 0.3) is 0 Å². The number of aryl methyl sites for hydroxylation is 2. The Balaban J connectivity index is 2.10. The first-order valence-corrected chi connectivity index (χ1v) is 6.68. The van der Waals surface area contributed by atoms with Crippen LogP contribution in [0, 0.1) is 12.7 Å². The van der Waals surface area contributed by atoms with Crippen molar-refractivity contribution in [3.63, 3.8) is 0 Å². The molecule has 1 unspecified atom stereocenters. The molecule has 1 N–H and O–H groups in total. The second-order valence-electron chi connectivity index (χ2n) is 4.87.